The van der Waals surface area contributed by atoms with Crippen LogP contribution >= 0.6 is 22.9 Å². The van der Waals surface area contributed by atoms with Gasteiger partial charge in [-0.3, -0.25) is 0 Å². The Kier molecular flexibility index (Phi) is 3.99. The molecule has 0 saturated carbocycles. The van der Waals surface area contributed by atoms with Gasteiger partial charge in [0.15, 0.2) is 0 Å². The lowest BCUT2D eigenvalue weighted by atomic mass is 10.1. The van der Waals surface area contributed by atoms with Crippen LogP contribution in [0.25, 0.3) is 0 Å². The number of nitrogens with one attached hydrogen (secondary N) is 1. The number of halogens is 1. The minimum Gasteiger partial charge on any atom is -0.305 e. The summed E-state index contributed by atoms with van der Waals surface area (Å²) in [5.41, 5.74) is 1.15. The fourth-order valence-corrected chi connectivity index (χ4v) is 2.56. The Balaban J connectivity index is 1.98. The second kappa shape index (κ2) is 5.48. The summed E-state index contributed by atoms with van der Waals surface area (Å²) in [5, 5.41) is 6.39. The number of rotatable bonds is 4. The van der Waals surface area contributed by atoms with E-state index in [4.69, 9.17) is 11.6 Å². The van der Waals surface area contributed by atoms with Crippen LogP contribution in [-0.4, -0.2) is 0 Å². The fourth-order valence-electron chi connectivity index (χ4n) is 1.60. The zero-order valence-electron chi connectivity index (χ0n) is 9.11. The number of hydrogen-bond acceptors (Lipinski definition) is 2. The predicted molar refractivity (Wildman–Crippen MR) is 71.0 cm³/mol. The summed E-state index contributed by atoms with van der Waals surface area (Å²) >= 11 is 7.91. The van der Waals surface area contributed by atoms with Crippen molar-refractivity contribution in [3.63, 3.8) is 0 Å². The summed E-state index contributed by atoms with van der Waals surface area (Å²) in [4.78, 5) is 1.35. The molecule has 84 valence electrons. The SMILES string of the molecule is C[C@@H](NCc1cccs1)c1ccccc1Cl. The van der Waals surface area contributed by atoms with E-state index in [1.54, 1.807) is 11.3 Å². The van der Waals surface area contributed by atoms with Gasteiger partial charge in [-0.1, -0.05) is 35.9 Å². The van der Waals surface area contributed by atoms with Gasteiger partial charge in [-0.25, -0.2) is 0 Å². The molecule has 0 amide bonds. The van der Waals surface area contributed by atoms with Crippen LogP contribution in [-0.2, 0) is 6.54 Å². The Morgan fingerprint density at radius 2 is 2.06 bits per heavy atom. The van der Waals surface area contributed by atoms with E-state index in [9.17, 15) is 0 Å². The highest BCUT2D eigenvalue weighted by Gasteiger charge is 2.08. The minimum atomic E-state index is 0.274. The molecular formula is C13H14ClNS. The molecule has 0 fully saturated rings. The molecule has 0 bridgehead atoms. The molecule has 1 nitrogen and oxygen atoms in total. The monoisotopic (exact) mass is 251 g/mol. The highest BCUT2D eigenvalue weighted by atomic mass is 35.5. The first-order chi connectivity index (χ1) is 7.77. The fraction of sp³-hybridized carbons (Fsp3) is 0.231. The van der Waals surface area contributed by atoms with Gasteiger partial charge in [0.1, 0.15) is 0 Å². The van der Waals surface area contributed by atoms with Gasteiger partial charge in [-0.2, -0.15) is 0 Å². The lowest BCUT2D eigenvalue weighted by molar-refractivity contribution is 0.579. The third-order valence-electron chi connectivity index (χ3n) is 2.53. The Hall–Kier alpha value is -0.830. The smallest absolute Gasteiger partial charge is 0.0453 e. The van der Waals surface area contributed by atoms with E-state index in [0.29, 0.717) is 0 Å². The summed E-state index contributed by atoms with van der Waals surface area (Å²) in [5.74, 6) is 0. The molecule has 0 radical (unpaired) electrons. The molecule has 1 N–H and O–H groups in total. The second-order valence-corrected chi connectivity index (χ2v) is 5.14. The number of hydrogen-bond donors (Lipinski definition) is 1. The average molecular weight is 252 g/mol. The van der Waals surface area contributed by atoms with Crippen LogP contribution in [0.5, 0.6) is 0 Å². The van der Waals surface area contributed by atoms with Crippen molar-refractivity contribution in [2.75, 3.05) is 0 Å². The molecule has 0 saturated heterocycles. The van der Waals surface area contributed by atoms with Crippen molar-refractivity contribution in [1.82, 2.24) is 5.32 Å². The normalized spacial score (nSPS) is 12.6. The molecule has 0 aliphatic heterocycles. The molecule has 1 heterocycles. The maximum atomic E-state index is 6.14. The first kappa shape index (κ1) is 11.6. The van der Waals surface area contributed by atoms with Gasteiger partial charge in [0.2, 0.25) is 0 Å². The van der Waals surface area contributed by atoms with Gasteiger partial charge in [0.05, 0.1) is 0 Å². The van der Waals surface area contributed by atoms with Crippen LogP contribution in [0.1, 0.15) is 23.4 Å². The maximum absolute atomic E-state index is 6.14. The number of thiophene rings is 1. The highest BCUT2D eigenvalue weighted by molar-refractivity contribution is 7.09. The summed E-state index contributed by atoms with van der Waals surface area (Å²) in [6, 6.07) is 12.5. The van der Waals surface area contributed by atoms with Gasteiger partial charge >= 0.3 is 0 Å². The number of benzene rings is 1. The highest BCUT2D eigenvalue weighted by Crippen LogP contribution is 2.22. The molecule has 0 spiro atoms. The largest absolute Gasteiger partial charge is 0.305 e. The zero-order chi connectivity index (χ0) is 11.4. The van der Waals surface area contributed by atoms with Gasteiger partial charge < -0.3 is 5.32 Å². The Bertz CT molecular complexity index is 439. The Morgan fingerprint density at radius 3 is 2.75 bits per heavy atom. The molecule has 0 unspecified atom stereocenters. The summed E-state index contributed by atoms with van der Waals surface area (Å²) in [7, 11) is 0. The molecule has 2 rings (SSSR count). The van der Waals surface area contributed by atoms with Crippen LogP contribution in [0.4, 0.5) is 0 Å². The van der Waals surface area contributed by atoms with Crippen LogP contribution in [0.3, 0.4) is 0 Å². The second-order valence-electron chi connectivity index (χ2n) is 3.70. The molecule has 3 heteroatoms. The quantitative estimate of drug-likeness (QED) is 0.857. The topological polar surface area (TPSA) is 12.0 Å². The third-order valence-corrected chi connectivity index (χ3v) is 3.75. The minimum absolute atomic E-state index is 0.274. The van der Waals surface area contributed by atoms with Crippen molar-refractivity contribution >= 4 is 22.9 Å². The Labute approximate surface area is 105 Å². The van der Waals surface area contributed by atoms with E-state index < -0.39 is 0 Å². The molecule has 1 atom stereocenters. The summed E-state index contributed by atoms with van der Waals surface area (Å²) in [6.07, 6.45) is 0. The average Bonchev–Trinajstić information content (AvgIpc) is 2.79. The summed E-state index contributed by atoms with van der Waals surface area (Å²) < 4.78 is 0. The van der Waals surface area contributed by atoms with E-state index in [2.05, 4.69) is 35.8 Å². The van der Waals surface area contributed by atoms with Crippen molar-refractivity contribution in [1.29, 1.82) is 0 Å². The molecule has 1 aromatic heterocycles. The third kappa shape index (κ3) is 2.85. The molecule has 0 aliphatic rings. The molecular weight excluding hydrogens is 238 g/mol. The van der Waals surface area contributed by atoms with Crippen molar-refractivity contribution in [2.24, 2.45) is 0 Å². The van der Waals surface area contributed by atoms with E-state index >= 15 is 0 Å². The molecule has 16 heavy (non-hydrogen) atoms. The Morgan fingerprint density at radius 1 is 1.25 bits per heavy atom. The van der Waals surface area contributed by atoms with Gasteiger partial charge in [0.25, 0.3) is 0 Å². The van der Waals surface area contributed by atoms with Crippen molar-refractivity contribution in [3.8, 4) is 0 Å². The van der Waals surface area contributed by atoms with E-state index in [-0.39, 0.29) is 6.04 Å². The van der Waals surface area contributed by atoms with Crippen molar-refractivity contribution in [2.45, 2.75) is 19.5 Å². The van der Waals surface area contributed by atoms with E-state index in [1.165, 1.54) is 4.88 Å². The standard InChI is InChI=1S/C13H14ClNS/c1-10(12-6-2-3-7-13(12)14)15-9-11-5-4-8-16-11/h2-8,10,15H,9H2,1H3/t10-/m1/s1. The maximum Gasteiger partial charge on any atom is 0.0453 e. The molecule has 1 aromatic carbocycles. The van der Waals surface area contributed by atoms with Crippen molar-refractivity contribution < 1.29 is 0 Å². The van der Waals surface area contributed by atoms with Gasteiger partial charge in [-0.15, -0.1) is 11.3 Å². The lowest BCUT2D eigenvalue weighted by Gasteiger charge is -2.14. The van der Waals surface area contributed by atoms with Crippen molar-refractivity contribution in [3.05, 3.63) is 57.2 Å². The predicted octanol–water partition coefficient (Wildman–Crippen LogP) is 4.25. The van der Waals surface area contributed by atoms with E-state index in [0.717, 1.165) is 17.1 Å². The van der Waals surface area contributed by atoms with Crippen LogP contribution in [0, 0.1) is 0 Å². The van der Waals surface area contributed by atoms with Gasteiger partial charge in [-0.05, 0) is 30.0 Å². The van der Waals surface area contributed by atoms with Crippen LogP contribution in [0.2, 0.25) is 5.02 Å². The van der Waals surface area contributed by atoms with Gasteiger partial charge in [0, 0.05) is 22.5 Å². The van der Waals surface area contributed by atoms with Crippen LogP contribution < -0.4 is 5.32 Å². The molecule has 2 aromatic rings. The molecule has 0 aliphatic carbocycles. The first-order valence-corrected chi connectivity index (χ1v) is 6.53. The van der Waals surface area contributed by atoms with E-state index in [1.807, 2.05) is 18.2 Å². The lowest BCUT2D eigenvalue weighted by Crippen LogP contribution is -2.17. The van der Waals surface area contributed by atoms with Crippen LogP contribution in [0.15, 0.2) is 41.8 Å². The summed E-state index contributed by atoms with van der Waals surface area (Å²) in [6.45, 7) is 3.03. The first-order valence-electron chi connectivity index (χ1n) is 5.27. The zero-order valence-corrected chi connectivity index (χ0v) is 10.7.